The fraction of sp³-hybridized carbons (Fsp3) is 0.686. The molecule has 5 rings (SSSR count). The third-order valence-electron chi connectivity index (χ3n) is 7.86. The summed E-state index contributed by atoms with van der Waals surface area (Å²) in [5.74, 6) is 1.11. The van der Waals surface area contributed by atoms with E-state index in [2.05, 4.69) is 80.4 Å². The number of nitrogens with one attached hydrogen (secondary N) is 1. The van der Waals surface area contributed by atoms with Crippen molar-refractivity contribution in [1.82, 2.24) is 9.88 Å². The SMILES string of the molecule is CC.CC1(C)CCCC1.CC1OCCc2cccc(CN(C)C)c21.COCCCCc1ccc2c(n1)NCCC2. The van der Waals surface area contributed by atoms with Crippen LogP contribution >= 0.6 is 0 Å². The van der Waals surface area contributed by atoms with Crippen molar-refractivity contribution in [3.8, 4) is 0 Å². The van der Waals surface area contributed by atoms with Crippen molar-refractivity contribution in [2.24, 2.45) is 5.41 Å². The van der Waals surface area contributed by atoms with Crippen molar-refractivity contribution in [2.45, 2.75) is 111 Å². The maximum atomic E-state index is 5.71. The maximum Gasteiger partial charge on any atom is 0.129 e. The average Bonchev–Trinajstić information content (AvgIpc) is 3.36. The van der Waals surface area contributed by atoms with Gasteiger partial charge in [-0.05, 0) is 106 Å². The zero-order valence-corrected chi connectivity index (χ0v) is 27.1. The number of methoxy groups -OCH3 is 1. The molecule has 226 valence electrons. The third-order valence-corrected chi connectivity index (χ3v) is 7.86. The van der Waals surface area contributed by atoms with Gasteiger partial charge in [-0.15, -0.1) is 0 Å². The molecule has 2 aromatic rings. The van der Waals surface area contributed by atoms with Crippen LogP contribution in [0.25, 0.3) is 0 Å². The van der Waals surface area contributed by atoms with Gasteiger partial charge >= 0.3 is 0 Å². The number of unbranched alkanes of at least 4 members (excludes halogenated alkanes) is 1. The first-order valence-corrected chi connectivity index (χ1v) is 15.9. The van der Waals surface area contributed by atoms with E-state index in [1.807, 2.05) is 13.8 Å². The number of ether oxygens (including phenoxy) is 2. The summed E-state index contributed by atoms with van der Waals surface area (Å²) < 4.78 is 10.7. The monoisotopic (exact) mass is 553 g/mol. The Morgan fingerprint density at radius 2 is 1.75 bits per heavy atom. The highest BCUT2D eigenvalue weighted by Crippen LogP contribution is 2.36. The van der Waals surface area contributed by atoms with E-state index in [0.29, 0.717) is 5.41 Å². The van der Waals surface area contributed by atoms with E-state index in [4.69, 9.17) is 9.47 Å². The minimum Gasteiger partial charge on any atom is -0.385 e. The van der Waals surface area contributed by atoms with Crippen LogP contribution in [0, 0.1) is 5.41 Å². The van der Waals surface area contributed by atoms with E-state index in [1.165, 1.54) is 66.5 Å². The highest BCUT2D eigenvalue weighted by Gasteiger charge is 2.22. The van der Waals surface area contributed by atoms with Crippen LogP contribution in [0.2, 0.25) is 0 Å². The molecule has 0 spiro atoms. The second-order valence-electron chi connectivity index (χ2n) is 12.2. The molecule has 3 heterocycles. The molecule has 0 saturated heterocycles. The second kappa shape index (κ2) is 18.5. The number of fused-ring (bicyclic) bond motifs is 2. The van der Waals surface area contributed by atoms with Crippen LogP contribution in [0.15, 0.2) is 30.3 Å². The molecule has 1 fully saturated rings. The van der Waals surface area contributed by atoms with Crippen molar-refractivity contribution >= 4 is 5.82 Å². The van der Waals surface area contributed by atoms with Gasteiger partial charge in [-0.25, -0.2) is 4.98 Å². The Hall–Kier alpha value is -1.95. The molecule has 0 bridgehead atoms. The number of anilines is 1. The largest absolute Gasteiger partial charge is 0.385 e. The summed E-state index contributed by atoms with van der Waals surface area (Å²) in [5, 5.41) is 3.37. The Bertz CT molecular complexity index is 965. The van der Waals surface area contributed by atoms with Gasteiger partial charge in [0.1, 0.15) is 5.82 Å². The molecule has 3 aliphatic rings. The molecule has 2 aliphatic heterocycles. The molecular formula is C35H59N3O2. The lowest BCUT2D eigenvalue weighted by molar-refractivity contribution is 0.0544. The molecular weight excluding hydrogens is 494 g/mol. The van der Waals surface area contributed by atoms with E-state index in [-0.39, 0.29) is 6.10 Å². The molecule has 0 radical (unpaired) electrons. The zero-order chi connectivity index (χ0) is 29.4. The zero-order valence-electron chi connectivity index (χ0n) is 27.1. The van der Waals surface area contributed by atoms with Gasteiger partial charge in [-0.3, -0.25) is 0 Å². The Labute approximate surface area is 246 Å². The Balaban J connectivity index is 0.000000217. The van der Waals surface area contributed by atoms with E-state index in [0.717, 1.165) is 57.8 Å². The number of aromatic nitrogens is 1. The number of rotatable bonds is 7. The Morgan fingerprint density at radius 1 is 1.00 bits per heavy atom. The third kappa shape index (κ3) is 11.9. The average molecular weight is 554 g/mol. The molecule has 0 amide bonds. The summed E-state index contributed by atoms with van der Waals surface area (Å²) in [5.41, 5.74) is 7.55. The molecule has 1 aliphatic carbocycles. The van der Waals surface area contributed by atoms with Crippen molar-refractivity contribution in [3.63, 3.8) is 0 Å². The van der Waals surface area contributed by atoms with Crippen molar-refractivity contribution in [3.05, 3.63) is 58.3 Å². The fourth-order valence-corrected chi connectivity index (χ4v) is 5.71. The van der Waals surface area contributed by atoms with Gasteiger partial charge in [0, 0.05) is 32.5 Å². The molecule has 1 atom stereocenters. The molecule has 1 N–H and O–H groups in total. The smallest absolute Gasteiger partial charge is 0.129 e. The molecule has 1 aromatic carbocycles. The fourth-order valence-electron chi connectivity index (χ4n) is 5.71. The lowest BCUT2D eigenvalue weighted by Crippen LogP contribution is -2.19. The minimum atomic E-state index is 0.255. The summed E-state index contributed by atoms with van der Waals surface area (Å²) in [6, 6.07) is 11.0. The molecule has 5 heteroatoms. The van der Waals surface area contributed by atoms with Crippen molar-refractivity contribution < 1.29 is 9.47 Å². The predicted molar refractivity (Wildman–Crippen MR) is 171 cm³/mol. The van der Waals surface area contributed by atoms with E-state index in [9.17, 15) is 0 Å². The summed E-state index contributed by atoms with van der Waals surface area (Å²) in [7, 11) is 5.96. The number of aryl methyl sites for hydroxylation is 2. The van der Waals surface area contributed by atoms with E-state index < -0.39 is 0 Å². The summed E-state index contributed by atoms with van der Waals surface area (Å²) in [4.78, 5) is 6.86. The van der Waals surface area contributed by atoms with Crippen LogP contribution < -0.4 is 5.32 Å². The van der Waals surface area contributed by atoms with Crippen LogP contribution in [-0.4, -0.2) is 50.8 Å². The van der Waals surface area contributed by atoms with E-state index >= 15 is 0 Å². The van der Waals surface area contributed by atoms with Crippen LogP contribution in [0.1, 0.15) is 114 Å². The van der Waals surface area contributed by atoms with Crippen LogP contribution in [0.4, 0.5) is 5.82 Å². The molecule has 1 saturated carbocycles. The standard InChI is InChI=1S/C13H20N2O.C13H19NO.C7H14.C2H6/c1-16-10-3-2-6-12-8-7-11-5-4-9-14-13(11)15-12;1-10-13-11(7-8-15-10)5-4-6-12(13)9-14(2)3;1-7(2)5-3-4-6-7;1-2/h7-8H,2-6,9-10H2,1H3,(H,14,15);4-6,10H,7-9H2,1-3H3;3-6H2,1-2H3;1-2H3. The number of benzene rings is 1. The number of hydrogen-bond donors (Lipinski definition) is 1. The van der Waals surface area contributed by atoms with Gasteiger partial charge in [-0.1, -0.05) is 64.8 Å². The van der Waals surface area contributed by atoms with Crippen molar-refractivity contribution in [1.29, 1.82) is 0 Å². The topological polar surface area (TPSA) is 46.6 Å². The quantitative estimate of drug-likeness (QED) is 0.349. The number of nitrogens with zero attached hydrogens (tertiary/aromatic N) is 2. The molecule has 1 unspecified atom stereocenters. The van der Waals surface area contributed by atoms with Crippen LogP contribution in [-0.2, 0) is 35.3 Å². The van der Waals surface area contributed by atoms with Crippen molar-refractivity contribution in [2.75, 3.05) is 46.3 Å². The van der Waals surface area contributed by atoms with Gasteiger partial charge in [0.2, 0.25) is 0 Å². The predicted octanol–water partition coefficient (Wildman–Crippen LogP) is 8.40. The highest BCUT2D eigenvalue weighted by atomic mass is 16.5. The van der Waals surface area contributed by atoms with Gasteiger partial charge < -0.3 is 19.7 Å². The lowest BCUT2D eigenvalue weighted by Gasteiger charge is -2.26. The van der Waals surface area contributed by atoms with Gasteiger partial charge in [0.25, 0.3) is 0 Å². The van der Waals surface area contributed by atoms with Crippen LogP contribution in [0.3, 0.4) is 0 Å². The first-order valence-electron chi connectivity index (χ1n) is 15.9. The van der Waals surface area contributed by atoms with Gasteiger partial charge in [0.05, 0.1) is 12.7 Å². The second-order valence-corrected chi connectivity index (χ2v) is 12.2. The minimum absolute atomic E-state index is 0.255. The summed E-state index contributed by atoms with van der Waals surface area (Å²) in [6.07, 6.45) is 12.9. The summed E-state index contributed by atoms with van der Waals surface area (Å²) >= 11 is 0. The molecule has 1 aromatic heterocycles. The van der Waals surface area contributed by atoms with E-state index in [1.54, 1.807) is 7.11 Å². The molecule has 40 heavy (non-hydrogen) atoms. The van der Waals surface area contributed by atoms with Gasteiger partial charge in [0.15, 0.2) is 0 Å². The first-order chi connectivity index (χ1) is 19.3. The first kappa shape index (κ1) is 34.3. The Morgan fingerprint density at radius 3 is 2.40 bits per heavy atom. The Kier molecular flexibility index (Phi) is 15.8. The number of pyridine rings is 1. The van der Waals surface area contributed by atoms with Crippen LogP contribution in [0.5, 0.6) is 0 Å². The lowest BCUT2D eigenvalue weighted by atomic mass is 9.92. The number of hydrogen-bond acceptors (Lipinski definition) is 5. The normalized spacial score (nSPS) is 18.5. The highest BCUT2D eigenvalue weighted by molar-refractivity contribution is 5.47. The maximum absolute atomic E-state index is 5.71. The van der Waals surface area contributed by atoms with Gasteiger partial charge in [-0.2, -0.15) is 0 Å². The molecule has 5 nitrogen and oxygen atoms in total. The summed E-state index contributed by atoms with van der Waals surface area (Å²) in [6.45, 7) is 14.6.